The molecule has 0 saturated heterocycles. The summed E-state index contributed by atoms with van der Waals surface area (Å²) in [5.74, 6) is 1.24. The number of rotatable bonds is 3. The average molecular weight is 261 g/mol. The van der Waals surface area contributed by atoms with Gasteiger partial charge >= 0.3 is 0 Å². The van der Waals surface area contributed by atoms with Gasteiger partial charge < -0.3 is 0 Å². The molecule has 0 aliphatic heterocycles. The first-order valence-electron chi connectivity index (χ1n) is 7.11. The van der Waals surface area contributed by atoms with E-state index >= 15 is 0 Å². The second-order valence-electron chi connectivity index (χ2n) is 6.39. The fourth-order valence-corrected chi connectivity index (χ4v) is 2.54. The summed E-state index contributed by atoms with van der Waals surface area (Å²) in [6.45, 7) is 5.83. The zero-order valence-electron chi connectivity index (χ0n) is 12.1. The largest absolute Gasteiger partial charge is 0.293 e. The van der Waals surface area contributed by atoms with Gasteiger partial charge in [0.1, 0.15) is 6.33 Å². The lowest BCUT2D eigenvalue weighted by atomic mass is 9.82. The van der Waals surface area contributed by atoms with Gasteiger partial charge in [-0.25, -0.2) is 4.98 Å². The van der Waals surface area contributed by atoms with Gasteiger partial charge in [0.05, 0.1) is 5.57 Å². The van der Waals surface area contributed by atoms with Crippen molar-refractivity contribution in [3.63, 3.8) is 0 Å². The number of allylic oxidation sites excluding steroid dienone is 2. The predicted molar refractivity (Wildman–Crippen MR) is 75.4 cm³/mol. The van der Waals surface area contributed by atoms with Crippen LogP contribution in [0.1, 0.15) is 58.7 Å². The average Bonchev–Trinajstić information content (AvgIpc) is 2.89. The number of hydrogen-bond acceptors (Lipinski definition) is 3. The van der Waals surface area contributed by atoms with E-state index in [9.17, 15) is 4.79 Å². The minimum absolute atomic E-state index is 0.134. The Labute approximate surface area is 114 Å². The summed E-state index contributed by atoms with van der Waals surface area (Å²) in [7, 11) is 0. The number of hydrogen-bond donors (Lipinski definition) is 1. The summed E-state index contributed by atoms with van der Waals surface area (Å²) in [6.07, 6.45) is 9.76. The van der Waals surface area contributed by atoms with Crippen molar-refractivity contribution < 1.29 is 4.79 Å². The van der Waals surface area contributed by atoms with Crippen LogP contribution >= 0.6 is 0 Å². The highest BCUT2D eigenvalue weighted by molar-refractivity contribution is 6.21. The Morgan fingerprint density at radius 1 is 1.32 bits per heavy atom. The van der Waals surface area contributed by atoms with Crippen molar-refractivity contribution in [1.82, 2.24) is 15.2 Å². The highest BCUT2D eigenvalue weighted by Gasteiger charge is 2.28. The Balaban J connectivity index is 2.29. The summed E-state index contributed by atoms with van der Waals surface area (Å²) >= 11 is 0. The monoisotopic (exact) mass is 261 g/mol. The smallest absolute Gasteiger partial charge is 0.171 e. The van der Waals surface area contributed by atoms with E-state index in [1.165, 1.54) is 38.4 Å². The summed E-state index contributed by atoms with van der Waals surface area (Å²) < 4.78 is 0. The number of aromatic amines is 1. The number of Topliss-reactive ketones (excluding diaryl/α,β-unsaturated/α-hetero) is 1. The van der Waals surface area contributed by atoms with E-state index in [0.29, 0.717) is 17.3 Å². The van der Waals surface area contributed by atoms with E-state index in [0.717, 1.165) is 0 Å². The zero-order chi connectivity index (χ0) is 13.9. The second-order valence-corrected chi connectivity index (χ2v) is 6.39. The lowest BCUT2D eigenvalue weighted by Crippen LogP contribution is -2.22. The van der Waals surface area contributed by atoms with Crippen molar-refractivity contribution in [3.8, 4) is 0 Å². The van der Waals surface area contributed by atoms with Gasteiger partial charge in [-0.2, -0.15) is 5.10 Å². The van der Waals surface area contributed by atoms with E-state index in [1.807, 2.05) is 20.8 Å². The Morgan fingerprint density at radius 2 is 2.00 bits per heavy atom. The molecule has 0 amide bonds. The van der Waals surface area contributed by atoms with Crippen LogP contribution in [0, 0.1) is 11.3 Å². The van der Waals surface area contributed by atoms with Crippen LogP contribution in [-0.2, 0) is 4.79 Å². The minimum Gasteiger partial charge on any atom is -0.293 e. The lowest BCUT2D eigenvalue weighted by Gasteiger charge is -2.22. The normalized spacial score (nSPS) is 18.6. The van der Waals surface area contributed by atoms with Gasteiger partial charge in [-0.3, -0.25) is 9.89 Å². The van der Waals surface area contributed by atoms with Crippen molar-refractivity contribution in [1.29, 1.82) is 0 Å². The number of aromatic nitrogens is 3. The molecular formula is C15H23N3O. The van der Waals surface area contributed by atoms with Crippen LogP contribution in [0.25, 0.3) is 5.57 Å². The number of ketones is 1. The summed E-state index contributed by atoms with van der Waals surface area (Å²) in [4.78, 5) is 16.7. The second kappa shape index (κ2) is 5.68. The molecule has 4 nitrogen and oxygen atoms in total. The van der Waals surface area contributed by atoms with Gasteiger partial charge in [-0.05, 0) is 18.8 Å². The number of nitrogens with zero attached hydrogens (tertiary/aromatic N) is 2. The third-order valence-electron chi connectivity index (χ3n) is 3.65. The van der Waals surface area contributed by atoms with Crippen LogP contribution in [0.2, 0.25) is 0 Å². The molecule has 1 N–H and O–H groups in total. The predicted octanol–water partition coefficient (Wildman–Crippen LogP) is 3.38. The van der Waals surface area contributed by atoms with E-state index in [-0.39, 0.29) is 5.78 Å². The van der Waals surface area contributed by atoms with Crippen LogP contribution in [0.3, 0.4) is 0 Å². The molecule has 1 saturated carbocycles. The van der Waals surface area contributed by atoms with Crippen molar-refractivity contribution in [2.24, 2.45) is 11.3 Å². The fraction of sp³-hybridized carbons (Fsp3) is 0.667. The Hall–Kier alpha value is -1.45. The van der Waals surface area contributed by atoms with Gasteiger partial charge in [0.2, 0.25) is 0 Å². The molecule has 0 bridgehead atoms. The highest BCUT2D eigenvalue weighted by atomic mass is 16.1. The molecular weight excluding hydrogens is 238 g/mol. The van der Waals surface area contributed by atoms with E-state index in [2.05, 4.69) is 21.3 Å². The van der Waals surface area contributed by atoms with Crippen molar-refractivity contribution in [2.45, 2.75) is 52.9 Å². The zero-order valence-corrected chi connectivity index (χ0v) is 12.1. The van der Waals surface area contributed by atoms with Crippen molar-refractivity contribution in [2.75, 3.05) is 0 Å². The van der Waals surface area contributed by atoms with Crippen LogP contribution < -0.4 is 0 Å². The van der Waals surface area contributed by atoms with Crippen LogP contribution in [0.15, 0.2) is 12.4 Å². The third-order valence-corrected chi connectivity index (χ3v) is 3.65. The molecule has 1 fully saturated rings. The summed E-state index contributed by atoms with van der Waals surface area (Å²) in [5, 5.41) is 6.70. The number of carbonyl (C=O) groups excluding carboxylic acids is 1. The SMILES string of the molecule is CC(C)(C)C(=O)C(=CC1CCCCC1)c1ncn[nH]1. The molecule has 104 valence electrons. The number of H-pyrrole nitrogens is 1. The standard InChI is InChI=1S/C15H23N3O/c1-15(2,3)13(19)12(14-16-10-17-18-14)9-11-7-5-4-6-8-11/h9-11H,4-8H2,1-3H3,(H,16,17,18). The van der Waals surface area contributed by atoms with Crippen LogP contribution in [-0.4, -0.2) is 21.0 Å². The number of nitrogens with one attached hydrogen (secondary N) is 1. The molecule has 1 heterocycles. The molecule has 0 unspecified atom stereocenters. The van der Waals surface area contributed by atoms with E-state index < -0.39 is 5.41 Å². The van der Waals surface area contributed by atoms with Crippen LogP contribution in [0.4, 0.5) is 0 Å². The topological polar surface area (TPSA) is 58.6 Å². The van der Waals surface area contributed by atoms with E-state index in [4.69, 9.17) is 0 Å². The summed E-state index contributed by atoms with van der Waals surface area (Å²) in [5.41, 5.74) is 0.310. The van der Waals surface area contributed by atoms with Gasteiger partial charge in [0, 0.05) is 5.41 Å². The molecule has 4 heteroatoms. The highest BCUT2D eigenvalue weighted by Crippen LogP contribution is 2.30. The fourth-order valence-electron chi connectivity index (χ4n) is 2.54. The minimum atomic E-state index is -0.396. The molecule has 1 aromatic heterocycles. The molecule has 2 rings (SSSR count). The van der Waals surface area contributed by atoms with Crippen molar-refractivity contribution in [3.05, 3.63) is 18.2 Å². The molecule has 1 aliphatic rings. The molecule has 0 spiro atoms. The van der Waals surface area contributed by atoms with Crippen molar-refractivity contribution >= 4 is 11.4 Å². The van der Waals surface area contributed by atoms with Gasteiger partial charge in [0.25, 0.3) is 0 Å². The molecule has 0 radical (unpaired) electrons. The summed E-state index contributed by atoms with van der Waals surface area (Å²) in [6, 6.07) is 0. The maximum absolute atomic E-state index is 12.6. The van der Waals surface area contributed by atoms with Gasteiger partial charge in [0.15, 0.2) is 11.6 Å². The third kappa shape index (κ3) is 3.52. The lowest BCUT2D eigenvalue weighted by molar-refractivity contribution is -0.120. The Bertz CT molecular complexity index is 448. The molecule has 1 aromatic rings. The number of carbonyl (C=O) groups is 1. The molecule has 1 aliphatic carbocycles. The molecule has 19 heavy (non-hydrogen) atoms. The Morgan fingerprint density at radius 3 is 2.53 bits per heavy atom. The van der Waals surface area contributed by atoms with Gasteiger partial charge in [-0.1, -0.05) is 46.1 Å². The van der Waals surface area contributed by atoms with E-state index in [1.54, 1.807) is 0 Å². The Kier molecular flexibility index (Phi) is 4.17. The maximum atomic E-state index is 12.6. The van der Waals surface area contributed by atoms with Crippen LogP contribution in [0.5, 0.6) is 0 Å². The van der Waals surface area contributed by atoms with Gasteiger partial charge in [-0.15, -0.1) is 0 Å². The first kappa shape index (κ1) is 14.0. The molecule has 0 atom stereocenters. The quantitative estimate of drug-likeness (QED) is 0.848. The molecule has 0 aromatic carbocycles. The first-order valence-corrected chi connectivity index (χ1v) is 7.11. The first-order chi connectivity index (χ1) is 8.98. The maximum Gasteiger partial charge on any atom is 0.171 e.